The molecule has 1 fully saturated rings. The number of carbonyl (C=O) groups is 2. The van der Waals surface area contributed by atoms with E-state index in [1.54, 1.807) is 11.8 Å². The minimum absolute atomic E-state index is 0.111. The zero-order valence-electron chi connectivity index (χ0n) is 11.4. The Balaban J connectivity index is 2.75. The predicted octanol–water partition coefficient (Wildman–Crippen LogP) is 0.757. The number of amides is 2. The zero-order chi connectivity index (χ0) is 13.7. The molecule has 0 aromatic heterocycles. The molecule has 0 unspecified atom stereocenters. The summed E-state index contributed by atoms with van der Waals surface area (Å²) in [7, 11) is 2.78. The fourth-order valence-corrected chi connectivity index (χ4v) is 2.14. The second-order valence-electron chi connectivity index (χ2n) is 4.58. The molecule has 18 heavy (non-hydrogen) atoms. The van der Waals surface area contributed by atoms with Crippen molar-refractivity contribution in [1.29, 1.82) is 0 Å². The third-order valence-electron chi connectivity index (χ3n) is 3.40. The normalized spacial score (nSPS) is 22.4. The summed E-state index contributed by atoms with van der Waals surface area (Å²) < 4.78 is 9.69. The van der Waals surface area contributed by atoms with E-state index in [1.807, 2.05) is 6.92 Å². The summed E-state index contributed by atoms with van der Waals surface area (Å²) in [5, 5.41) is 2.54. The predicted molar refractivity (Wildman–Crippen MR) is 66.2 cm³/mol. The van der Waals surface area contributed by atoms with E-state index in [-0.39, 0.29) is 11.9 Å². The van der Waals surface area contributed by atoms with E-state index in [0.29, 0.717) is 0 Å². The number of hydrogen-bond donors (Lipinski definition) is 1. The maximum Gasteiger partial charge on any atom is 0.407 e. The lowest BCUT2D eigenvalue weighted by Gasteiger charge is -2.29. The number of rotatable bonds is 4. The third-order valence-corrected chi connectivity index (χ3v) is 3.40. The number of nitrogens with zero attached hydrogens (tertiary/aromatic N) is 1. The van der Waals surface area contributed by atoms with E-state index in [9.17, 15) is 9.59 Å². The first kappa shape index (κ1) is 14.8. The first-order valence-electron chi connectivity index (χ1n) is 6.19. The summed E-state index contributed by atoms with van der Waals surface area (Å²) in [4.78, 5) is 25.5. The molecule has 1 heterocycles. The summed E-state index contributed by atoms with van der Waals surface area (Å²) in [5.74, 6) is -0.111. The topological polar surface area (TPSA) is 67.9 Å². The molecule has 1 rings (SSSR count). The maximum absolute atomic E-state index is 12.4. The van der Waals surface area contributed by atoms with Gasteiger partial charge in [-0.15, -0.1) is 0 Å². The summed E-state index contributed by atoms with van der Waals surface area (Å²) in [6.45, 7) is 4.49. The van der Waals surface area contributed by atoms with E-state index < -0.39 is 18.2 Å². The Morgan fingerprint density at radius 2 is 2.06 bits per heavy atom. The average Bonchev–Trinajstić information content (AvgIpc) is 2.80. The van der Waals surface area contributed by atoms with Crippen LogP contribution in [0.15, 0.2) is 0 Å². The lowest BCUT2D eigenvalue weighted by molar-refractivity contribution is -0.137. The number of ether oxygens (including phenoxy) is 2. The molecule has 0 aliphatic carbocycles. The molecule has 3 atom stereocenters. The van der Waals surface area contributed by atoms with Gasteiger partial charge in [0.05, 0.1) is 13.2 Å². The Morgan fingerprint density at radius 1 is 1.39 bits per heavy atom. The Morgan fingerprint density at radius 3 is 2.50 bits per heavy atom. The molecule has 0 aromatic rings. The molecule has 1 saturated heterocycles. The van der Waals surface area contributed by atoms with E-state index >= 15 is 0 Å². The van der Waals surface area contributed by atoms with Crippen LogP contribution in [0.1, 0.15) is 26.7 Å². The monoisotopic (exact) mass is 258 g/mol. The lowest BCUT2D eigenvalue weighted by Crippen LogP contribution is -2.54. The Hall–Kier alpha value is -1.30. The minimum Gasteiger partial charge on any atom is -0.453 e. The van der Waals surface area contributed by atoms with Gasteiger partial charge in [-0.25, -0.2) is 4.79 Å². The molecule has 0 spiro atoms. The van der Waals surface area contributed by atoms with Crippen LogP contribution in [0.4, 0.5) is 4.79 Å². The number of alkyl carbamates (subject to hydrolysis) is 1. The van der Waals surface area contributed by atoms with Crippen LogP contribution in [0.5, 0.6) is 0 Å². The van der Waals surface area contributed by atoms with Gasteiger partial charge in [-0.1, -0.05) is 0 Å². The third kappa shape index (κ3) is 3.35. The second-order valence-corrected chi connectivity index (χ2v) is 4.58. The first-order valence-corrected chi connectivity index (χ1v) is 6.19. The minimum atomic E-state index is -0.706. The summed E-state index contributed by atoms with van der Waals surface area (Å²) in [6.07, 6.45) is 0.977. The van der Waals surface area contributed by atoms with Crippen LogP contribution in [0.25, 0.3) is 0 Å². The Labute approximate surface area is 108 Å². The van der Waals surface area contributed by atoms with Gasteiger partial charge in [-0.3, -0.25) is 4.79 Å². The molecule has 6 heteroatoms. The standard InChI is InChI=1S/C12H22N2O4/c1-8-6-5-7-14(8)11(15)10(9(2)17-3)13-12(16)18-4/h8-10H,5-7H2,1-4H3,(H,13,16)/t8-,9-,10+/m1/s1. The number of likely N-dealkylation sites (tertiary alicyclic amines) is 1. The van der Waals surface area contributed by atoms with E-state index in [1.165, 1.54) is 14.2 Å². The molecule has 1 N–H and O–H groups in total. The van der Waals surface area contributed by atoms with Gasteiger partial charge in [0.1, 0.15) is 6.04 Å². The van der Waals surface area contributed by atoms with Crippen LogP contribution in [0.3, 0.4) is 0 Å². The molecule has 0 radical (unpaired) electrons. The smallest absolute Gasteiger partial charge is 0.407 e. The molecule has 2 amide bonds. The maximum atomic E-state index is 12.4. The van der Waals surface area contributed by atoms with Gasteiger partial charge in [0.2, 0.25) is 5.91 Å². The van der Waals surface area contributed by atoms with Gasteiger partial charge in [0.15, 0.2) is 0 Å². The van der Waals surface area contributed by atoms with Gasteiger partial charge in [-0.2, -0.15) is 0 Å². The highest BCUT2D eigenvalue weighted by atomic mass is 16.5. The fourth-order valence-electron chi connectivity index (χ4n) is 2.14. The van der Waals surface area contributed by atoms with Crippen molar-refractivity contribution in [3.8, 4) is 0 Å². The van der Waals surface area contributed by atoms with E-state index in [0.717, 1.165) is 19.4 Å². The summed E-state index contributed by atoms with van der Waals surface area (Å²) >= 11 is 0. The van der Waals surface area contributed by atoms with Crippen molar-refractivity contribution >= 4 is 12.0 Å². The number of nitrogens with one attached hydrogen (secondary N) is 1. The molecule has 1 aliphatic heterocycles. The molecule has 0 bridgehead atoms. The largest absolute Gasteiger partial charge is 0.453 e. The second kappa shape index (κ2) is 6.58. The first-order chi connectivity index (χ1) is 8.51. The van der Waals surface area contributed by atoms with Gasteiger partial charge in [0.25, 0.3) is 0 Å². The van der Waals surface area contributed by atoms with Gasteiger partial charge in [-0.05, 0) is 26.7 Å². The van der Waals surface area contributed by atoms with E-state index in [4.69, 9.17) is 4.74 Å². The molecule has 104 valence electrons. The van der Waals surface area contributed by atoms with Crippen LogP contribution in [0.2, 0.25) is 0 Å². The average molecular weight is 258 g/mol. The molecule has 6 nitrogen and oxygen atoms in total. The quantitative estimate of drug-likeness (QED) is 0.808. The van der Waals surface area contributed by atoms with Crippen molar-refractivity contribution in [2.24, 2.45) is 0 Å². The van der Waals surface area contributed by atoms with Crippen molar-refractivity contribution < 1.29 is 19.1 Å². The van der Waals surface area contributed by atoms with Crippen LogP contribution in [-0.2, 0) is 14.3 Å². The highest BCUT2D eigenvalue weighted by Gasteiger charge is 2.35. The highest BCUT2D eigenvalue weighted by molar-refractivity contribution is 5.86. The number of methoxy groups -OCH3 is 2. The Kier molecular flexibility index (Phi) is 5.40. The van der Waals surface area contributed by atoms with Gasteiger partial charge >= 0.3 is 6.09 Å². The molecule has 0 aromatic carbocycles. The van der Waals surface area contributed by atoms with Gasteiger partial charge < -0.3 is 19.7 Å². The molecular formula is C12H22N2O4. The fraction of sp³-hybridized carbons (Fsp3) is 0.833. The van der Waals surface area contributed by atoms with E-state index in [2.05, 4.69) is 10.1 Å². The van der Waals surface area contributed by atoms with Crippen molar-refractivity contribution in [2.75, 3.05) is 20.8 Å². The van der Waals surface area contributed by atoms with Crippen LogP contribution >= 0.6 is 0 Å². The van der Waals surface area contributed by atoms with Crippen molar-refractivity contribution in [2.45, 2.75) is 44.9 Å². The number of carbonyl (C=O) groups excluding carboxylic acids is 2. The molecule has 0 saturated carbocycles. The summed E-state index contributed by atoms with van der Waals surface area (Å²) in [6, 6.07) is -0.494. The van der Waals surface area contributed by atoms with Crippen LogP contribution < -0.4 is 5.32 Å². The van der Waals surface area contributed by atoms with Crippen LogP contribution in [-0.4, -0.2) is 55.9 Å². The van der Waals surface area contributed by atoms with Crippen molar-refractivity contribution in [1.82, 2.24) is 10.2 Å². The van der Waals surface area contributed by atoms with Crippen molar-refractivity contribution in [3.05, 3.63) is 0 Å². The van der Waals surface area contributed by atoms with Crippen LogP contribution in [0, 0.1) is 0 Å². The highest BCUT2D eigenvalue weighted by Crippen LogP contribution is 2.18. The Bertz CT molecular complexity index is 308. The van der Waals surface area contributed by atoms with Crippen molar-refractivity contribution in [3.63, 3.8) is 0 Å². The SMILES string of the molecule is COC(=O)N[C@H](C(=O)N1CCC[C@H]1C)[C@@H](C)OC. The zero-order valence-corrected chi connectivity index (χ0v) is 11.4. The van der Waals surface area contributed by atoms with Gasteiger partial charge in [0, 0.05) is 19.7 Å². The molecular weight excluding hydrogens is 236 g/mol. The lowest BCUT2D eigenvalue weighted by atomic mass is 10.1. The summed E-state index contributed by atoms with van der Waals surface area (Å²) in [5.41, 5.74) is 0. The number of hydrogen-bond acceptors (Lipinski definition) is 4. The molecule has 1 aliphatic rings.